The Balaban J connectivity index is 1.16. The summed E-state index contributed by atoms with van der Waals surface area (Å²) in [5.74, 6) is 0.522. The number of nitrogens with one attached hydrogen (secondary N) is 3. The van der Waals surface area contributed by atoms with Gasteiger partial charge in [0.1, 0.15) is 17.2 Å². The number of benzene rings is 3. The molecule has 12 heteroatoms. The molecule has 6 rings (SSSR count). The Morgan fingerprint density at radius 3 is 2.57 bits per heavy atom. The highest BCUT2D eigenvalue weighted by atomic mass is 32.2. The largest absolute Gasteiger partial charge is 0.457 e. The van der Waals surface area contributed by atoms with Crippen molar-refractivity contribution in [3.8, 4) is 11.5 Å². The van der Waals surface area contributed by atoms with Crippen LogP contribution in [0.25, 0.3) is 10.9 Å². The zero-order chi connectivity index (χ0) is 29.3. The number of carbonyl (C=O) groups excluding carboxylic acids is 1. The number of aromatic amines is 1. The predicted octanol–water partition coefficient (Wildman–Crippen LogP) is 5.27. The average molecular weight is 590 g/mol. The monoisotopic (exact) mass is 589 g/mol. The van der Waals surface area contributed by atoms with Crippen LogP contribution in [-0.2, 0) is 10.0 Å². The number of hydrogen-bond donors (Lipinski definition) is 3. The second-order valence-corrected chi connectivity index (χ2v) is 12.5. The quantitative estimate of drug-likeness (QED) is 0.167. The van der Waals surface area contributed by atoms with Gasteiger partial charge in [-0.1, -0.05) is 12.1 Å². The maximum Gasteiger partial charge on any atom is 0.293 e. The van der Waals surface area contributed by atoms with Gasteiger partial charge in [0.15, 0.2) is 0 Å². The number of hydrogen-bond acceptors (Lipinski definition) is 8. The fourth-order valence-corrected chi connectivity index (χ4v) is 6.28. The number of sulfonamides is 1. The Morgan fingerprint density at radius 2 is 1.81 bits per heavy atom. The van der Waals surface area contributed by atoms with Crippen molar-refractivity contribution in [1.82, 2.24) is 14.6 Å². The molecule has 2 aliphatic rings. The van der Waals surface area contributed by atoms with E-state index in [2.05, 4.69) is 15.2 Å². The van der Waals surface area contributed by atoms with Gasteiger partial charge in [-0.3, -0.25) is 14.9 Å². The average Bonchev–Trinajstić information content (AvgIpc) is 3.67. The highest BCUT2D eigenvalue weighted by molar-refractivity contribution is 7.90. The van der Waals surface area contributed by atoms with Gasteiger partial charge < -0.3 is 19.9 Å². The summed E-state index contributed by atoms with van der Waals surface area (Å²) in [6.07, 6.45) is 6.09. The van der Waals surface area contributed by atoms with Crippen LogP contribution < -0.4 is 14.8 Å². The van der Waals surface area contributed by atoms with Crippen molar-refractivity contribution < 1.29 is 22.9 Å². The van der Waals surface area contributed by atoms with E-state index in [4.69, 9.17) is 4.74 Å². The molecule has 0 spiro atoms. The minimum atomic E-state index is -4.44. The lowest BCUT2D eigenvalue weighted by molar-refractivity contribution is -0.384. The van der Waals surface area contributed by atoms with Gasteiger partial charge in [-0.2, -0.15) is 0 Å². The van der Waals surface area contributed by atoms with E-state index in [-0.39, 0.29) is 33.6 Å². The molecule has 2 fully saturated rings. The summed E-state index contributed by atoms with van der Waals surface area (Å²) in [5.41, 5.74) is 0.804. The topological polar surface area (TPSA) is 147 Å². The summed E-state index contributed by atoms with van der Waals surface area (Å²) in [6, 6.07) is 17.2. The van der Waals surface area contributed by atoms with Crippen LogP contribution in [0, 0.1) is 16.0 Å². The summed E-state index contributed by atoms with van der Waals surface area (Å²) in [7, 11) is -4.44. The van der Waals surface area contributed by atoms with Gasteiger partial charge in [-0.05, 0) is 80.1 Å². The molecule has 0 radical (unpaired) electrons. The summed E-state index contributed by atoms with van der Waals surface area (Å²) >= 11 is 0. The van der Waals surface area contributed by atoms with Crippen molar-refractivity contribution in [2.45, 2.75) is 36.6 Å². The van der Waals surface area contributed by atoms with E-state index < -0.39 is 20.9 Å². The number of likely N-dealkylation sites (tertiary alicyclic amines) is 1. The number of H-pyrrole nitrogens is 1. The molecule has 0 bridgehead atoms. The highest BCUT2D eigenvalue weighted by Crippen LogP contribution is 2.33. The fourth-order valence-electron chi connectivity index (χ4n) is 5.30. The normalized spacial score (nSPS) is 16.3. The fraction of sp³-hybridized carbons (Fsp3) is 0.300. The van der Waals surface area contributed by atoms with Gasteiger partial charge in [-0.15, -0.1) is 0 Å². The molecule has 0 unspecified atom stereocenters. The SMILES string of the molecule is O=C(NS(=O)(=O)c1ccc(NC2CCN(CC3CC3)CC2)c([N+](=O)[O-])c1)c1ccccc1Oc1ccc2[nH]ccc2c1. The smallest absolute Gasteiger partial charge is 0.293 e. The first-order valence-corrected chi connectivity index (χ1v) is 15.4. The van der Waals surface area contributed by atoms with Crippen molar-refractivity contribution in [3.63, 3.8) is 0 Å². The van der Waals surface area contributed by atoms with Crippen LogP contribution in [0.5, 0.6) is 11.5 Å². The predicted molar refractivity (Wildman–Crippen MR) is 158 cm³/mol. The van der Waals surface area contributed by atoms with Crippen LogP contribution in [-0.4, -0.2) is 54.8 Å². The lowest BCUT2D eigenvalue weighted by atomic mass is 10.0. The zero-order valence-corrected chi connectivity index (χ0v) is 23.6. The summed E-state index contributed by atoms with van der Waals surface area (Å²) in [5, 5.41) is 16.1. The Morgan fingerprint density at radius 1 is 1.02 bits per heavy atom. The van der Waals surface area contributed by atoms with E-state index in [1.807, 2.05) is 16.9 Å². The van der Waals surface area contributed by atoms with E-state index in [0.717, 1.165) is 55.4 Å². The molecule has 1 amide bonds. The Hall–Kier alpha value is -4.42. The molecule has 1 saturated heterocycles. The number of ether oxygens (including phenoxy) is 1. The molecule has 218 valence electrons. The van der Waals surface area contributed by atoms with Crippen LogP contribution in [0.1, 0.15) is 36.0 Å². The third-order valence-corrected chi connectivity index (χ3v) is 9.08. The molecule has 11 nitrogen and oxygen atoms in total. The number of fused-ring (bicyclic) bond motifs is 1. The molecule has 3 N–H and O–H groups in total. The lowest BCUT2D eigenvalue weighted by Crippen LogP contribution is -2.40. The number of aromatic nitrogens is 1. The zero-order valence-electron chi connectivity index (χ0n) is 22.8. The first kappa shape index (κ1) is 27.7. The number of nitrogens with zero attached hydrogens (tertiary/aromatic N) is 2. The molecular formula is C30H31N5O6S. The van der Waals surface area contributed by atoms with Gasteiger partial charge in [0, 0.05) is 48.8 Å². The Bertz CT molecular complexity index is 1740. The van der Waals surface area contributed by atoms with Gasteiger partial charge in [0.2, 0.25) is 0 Å². The van der Waals surface area contributed by atoms with Crippen molar-refractivity contribution in [2.24, 2.45) is 5.92 Å². The standard InChI is InChI=1S/C30H31N5O6S/c36-30(25-3-1-2-4-29(25)41-23-7-9-26-21(17-23)11-14-31-26)33-42(39,40)24-8-10-27(28(18-24)35(37)38)32-22-12-15-34(16-13-22)19-20-5-6-20/h1-4,7-11,14,17-18,20,22,31-32H,5-6,12-13,15-16,19H2,(H,33,36). The van der Waals surface area contributed by atoms with E-state index in [1.165, 1.54) is 31.0 Å². The number of anilines is 1. The highest BCUT2D eigenvalue weighted by Gasteiger charge is 2.29. The van der Waals surface area contributed by atoms with E-state index in [0.29, 0.717) is 5.75 Å². The number of piperidine rings is 1. The number of nitro groups is 1. The molecule has 42 heavy (non-hydrogen) atoms. The van der Waals surface area contributed by atoms with Gasteiger partial charge in [-0.25, -0.2) is 13.1 Å². The van der Waals surface area contributed by atoms with Gasteiger partial charge in [0.05, 0.1) is 15.4 Å². The molecule has 1 aliphatic carbocycles. The number of amides is 1. The van der Waals surface area contributed by atoms with E-state index in [9.17, 15) is 23.3 Å². The molecule has 1 saturated carbocycles. The molecule has 2 heterocycles. The number of carbonyl (C=O) groups is 1. The van der Waals surface area contributed by atoms with E-state index >= 15 is 0 Å². The number of rotatable bonds is 10. The number of nitro benzene ring substituents is 1. The Kier molecular flexibility index (Phi) is 7.56. The van der Waals surface area contributed by atoms with Crippen LogP contribution in [0.3, 0.4) is 0 Å². The van der Waals surface area contributed by atoms with Gasteiger partial charge >= 0.3 is 0 Å². The second kappa shape index (κ2) is 11.5. The first-order valence-electron chi connectivity index (χ1n) is 13.9. The van der Waals surface area contributed by atoms with Crippen molar-refractivity contribution in [2.75, 3.05) is 25.0 Å². The van der Waals surface area contributed by atoms with Crippen LogP contribution in [0.4, 0.5) is 11.4 Å². The van der Waals surface area contributed by atoms with Crippen LogP contribution >= 0.6 is 0 Å². The van der Waals surface area contributed by atoms with Crippen LogP contribution in [0.15, 0.2) is 77.8 Å². The molecule has 4 aromatic rings. The molecular weight excluding hydrogens is 558 g/mol. The maximum absolute atomic E-state index is 13.2. The second-order valence-electron chi connectivity index (χ2n) is 10.9. The molecule has 1 aromatic heterocycles. The molecule has 0 atom stereocenters. The summed E-state index contributed by atoms with van der Waals surface area (Å²) < 4.78 is 34.3. The lowest BCUT2D eigenvalue weighted by Gasteiger charge is -2.32. The Labute approximate surface area is 243 Å². The van der Waals surface area contributed by atoms with Crippen molar-refractivity contribution in [1.29, 1.82) is 0 Å². The van der Waals surface area contributed by atoms with Crippen LogP contribution in [0.2, 0.25) is 0 Å². The van der Waals surface area contributed by atoms with Crippen molar-refractivity contribution in [3.05, 3.63) is 88.6 Å². The summed E-state index contributed by atoms with van der Waals surface area (Å²) in [4.78, 5) is 29.6. The van der Waals surface area contributed by atoms with Crippen molar-refractivity contribution >= 4 is 38.2 Å². The third kappa shape index (κ3) is 6.24. The summed E-state index contributed by atoms with van der Waals surface area (Å²) in [6.45, 7) is 2.96. The minimum absolute atomic E-state index is 0.00365. The third-order valence-electron chi connectivity index (χ3n) is 7.75. The molecule has 3 aromatic carbocycles. The number of para-hydroxylation sites is 1. The van der Waals surface area contributed by atoms with E-state index in [1.54, 1.807) is 36.5 Å². The van der Waals surface area contributed by atoms with Gasteiger partial charge in [0.25, 0.3) is 21.6 Å². The molecule has 1 aliphatic heterocycles. The first-order chi connectivity index (χ1) is 20.2. The maximum atomic E-state index is 13.2. The minimum Gasteiger partial charge on any atom is -0.457 e.